The van der Waals surface area contributed by atoms with Crippen molar-refractivity contribution in [2.75, 3.05) is 6.26 Å². The van der Waals surface area contributed by atoms with Crippen LogP contribution < -0.4 is 0 Å². The molecule has 0 aromatic heterocycles. The summed E-state index contributed by atoms with van der Waals surface area (Å²) in [5, 5.41) is 0. The molecule has 1 aromatic carbocycles. The molecule has 0 N–H and O–H groups in total. The zero-order valence-corrected chi connectivity index (χ0v) is 8.92. The molecule has 0 aliphatic rings. The molecule has 62 valence electrons. The second-order valence-corrected chi connectivity index (χ2v) is 2.77. The zero-order valence-electron chi connectivity index (χ0n) is 7.13. The van der Waals surface area contributed by atoms with Crippen molar-refractivity contribution in [1.82, 2.24) is 0 Å². The van der Waals surface area contributed by atoms with Gasteiger partial charge in [0, 0.05) is 4.90 Å². The van der Waals surface area contributed by atoms with Gasteiger partial charge in [0.2, 0.25) is 0 Å². The first kappa shape index (κ1) is 10.9. The minimum Gasteiger partial charge on any atom is -0.183 e. The van der Waals surface area contributed by atoms with Crippen molar-refractivity contribution < 1.29 is 0 Å². The Balaban J connectivity index is 0.000000461. The van der Waals surface area contributed by atoms with Crippen molar-refractivity contribution >= 4 is 25.3 Å². The van der Waals surface area contributed by atoms with Crippen molar-refractivity contribution in [2.24, 2.45) is 0 Å². The molecular weight excluding hydrogens is 172 g/mol. The van der Waals surface area contributed by atoms with Gasteiger partial charge in [-0.3, -0.25) is 0 Å². The minimum absolute atomic E-state index is 1.08. The van der Waals surface area contributed by atoms with Gasteiger partial charge in [-0.05, 0) is 31.7 Å². The van der Waals surface area contributed by atoms with Crippen LogP contribution >= 0.6 is 25.3 Å². The molecule has 0 unspecified atom stereocenters. The van der Waals surface area contributed by atoms with Crippen LogP contribution in [-0.4, -0.2) is 6.26 Å². The smallest absolute Gasteiger partial charge is 0.00718 e. The predicted molar refractivity (Wildman–Crippen MR) is 58.1 cm³/mol. The highest BCUT2D eigenvalue weighted by Crippen LogP contribution is 2.13. The Morgan fingerprint density at radius 1 is 1.09 bits per heavy atom. The third kappa shape index (κ3) is 3.73. The molecule has 1 rings (SSSR count). The highest BCUT2D eigenvalue weighted by molar-refractivity contribution is 7.80. The van der Waals surface area contributed by atoms with Crippen molar-refractivity contribution in [3.63, 3.8) is 0 Å². The lowest BCUT2D eigenvalue weighted by molar-refractivity contribution is 1.27. The number of rotatable bonds is 0. The summed E-state index contributed by atoms with van der Waals surface area (Å²) in [5.41, 5.74) is 2.51. The molecule has 0 saturated carbocycles. The van der Waals surface area contributed by atoms with E-state index in [1.54, 1.807) is 6.26 Å². The molecule has 11 heavy (non-hydrogen) atoms. The number of hydrogen-bond acceptors (Lipinski definition) is 2. The van der Waals surface area contributed by atoms with E-state index in [1.165, 1.54) is 11.1 Å². The third-order valence-corrected chi connectivity index (χ3v) is 1.85. The first-order chi connectivity index (χ1) is 5.20. The van der Waals surface area contributed by atoms with E-state index in [9.17, 15) is 0 Å². The van der Waals surface area contributed by atoms with E-state index in [2.05, 4.69) is 57.3 Å². The maximum atomic E-state index is 4.27. The van der Waals surface area contributed by atoms with Gasteiger partial charge in [-0.2, -0.15) is 12.6 Å². The fourth-order valence-corrected chi connectivity index (χ4v) is 0.998. The molecule has 0 radical (unpaired) electrons. The average molecular weight is 186 g/mol. The SMILES string of the molecule is CS.Cc1ccc(C)c(S)c1. The molecule has 0 nitrogen and oxygen atoms in total. The summed E-state index contributed by atoms with van der Waals surface area (Å²) < 4.78 is 0. The van der Waals surface area contributed by atoms with E-state index >= 15 is 0 Å². The molecule has 0 bridgehead atoms. The Bertz CT molecular complexity index is 219. The van der Waals surface area contributed by atoms with Gasteiger partial charge >= 0.3 is 0 Å². The van der Waals surface area contributed by atoms with Gasteiger partial charge in [-0.25, -0.2) is 0 Å². The Labute approximate surface area is 79.8 Å². The monoisotopic (exact) mass is 186 g/mol. The van der Waals surface area contributed by atoms with Crippen LogP contribution in [0.2, 0.25) is 0 Å². The molecule has 1 aromatic rings. The fraction of sp³-hybridized carbons (Fsp3) is 0.333. The zero-order chi connectivity index (χ0) is 8.85. The number of benzene rings is 1. The average Bonchev–Trinajstić information content (AvgIpc) is 2.02. The lowest BCUT2D eigenvalue weighted by atomic mass is 10.2. The maximum Gasteiger partial charge on any atom is 0.00718 e. The molecule has 0 fully saturated rings. The number of hydrogen-bond donors (Lipinski definition) is 2. The summed E-state index contributed by atoms with van der Waals surface area (Å²) in [6.07, 6.45) is 1.69. The fourth-order valence-electron chi connectivity index (χ4n) is 0.719. The summed E-state index contributed by atoms with van der Waals surface area (Å²) in [6.45, 7) is 4.13. The molecule has 2 heteroatoms. The van der Waals surface area contributed by atoms with Gasteiger partial charge in [0.25, 0.3) is 0 Å². The normalized spacial score (nSPS) is 8.45. The molecule has 0 aliphatic carbocycles. The van der Waals surface area contributed by atoms with Crippen molar-refractivity contribution in [3.05, 3.63) is 29.3 Å². The van der Waals surface area contributed by atoms with Crippen LogP contribution in [0.15, 0.2) is 23.1 Å². The molecule has 0 heterocycles. The van der Waals surface area contributed by atoms with Gasteiger partial charge in [-0.15, -0.1) is 12.6 Å². The molecule has 0 amide bonds. The predicted octanol–water partition coefficient (Wildman–Crippen LogP) is 3.14. The van der Waals surface area contributed by atoms with Crippen LogP contribution in [0.3, 0.4) is 0 Å². The molecule has 0 spiro atoms. The van der Waals surface area contributed by atoms with E-state index in [0.29, 0.717) is 0 Å². The van der Waals surface area contributed by atoms with Crippen LogP contribution in [0.25, 0.3) is 0 Å². The van der Waals surface area contributed by atoms with Crippen molar-refractivity contribution in [3.8, 4) is 0 Å². The summed E-state index contributed by atoms with van der Waals surface area (Å²) >= 11 is 7.80. The first-order valence-corrected chi connectivity index (χ1v) is 4.75. The summed E-state index contributed by atoms with van der Waals surface area (Å²) in [4.78, 5) is 1.08. The highest BCUT2D eigenvalue weighted by atomic mass is 32.1. The van der Waals surface area contributed by atoms with Crippen LogP contribution in [-0.2, 0) is 0 Å². The summed E-state index contributed by atoms with van der Waals surface area (Å²) in [5.74, 6) is 0. The molecule has 0 saturated heterocycles. The van der Waals surface area contributed by atoms with E-state index < -0.39 is 0 Å². The van der Waals surface area contributed by atoms with Crippen LogP contribution in [0.1, 0.15) is 11.1 Å². The van der Waals surface area contributed by atoms with Crippen LogP contribution in [0.5, 0.6) is 0 Å². The van der Waals surface area contributed by atoms with E-state index in [-0.39, 0.29) is 0 Å². The van der Waals surface area contributed by atoms with Crippen molar-refractivity contribution in [2.45, 2.75) is 18.7 Å². The van der Waals surface area contributed by atoms with E-state index in [1.807, 2.05) is 0 Å². The summed E-state index contributed by atoms with van der Waals surface area (Å²) in [7, 11) is 0. The standard InChI is InChI=1S/C8H10S.CH4S/c1-6-3-4-7(2)8(9)5-6;1-2/h3-5,9H,1-2H3;2H,1H3. The highest BCUT2D eigenvalue weighted by Gasteiger charge is 1.90. The number of thiol groups is 2. The molecular formula is C9H14S2. The van der Waals surface area contributed by atoms with Crippen LogP contribution in [0, 0.1) is 13.8 Å². The second-order valence-electron chi connectivity index (χ2n) is 2.29. The Kier molecular flexibility index (Phi) is 5.51. The van der Waals surface area contributed by atoms with Crippen molar-refractivity contribution in [1.29, 1.82) is 0 Å². The quantitative estimate of drug-likeness (QED) is 0.571. The van der Waals surface area contributed by atoms with Gasteiger partial charge < -0.3 is 0 Å². The Hall–Kier alpha value is -0.0800. The third-order valence-electron chi connectivity index (χ3n) is 1.36. The lowest BCUT2D eigenvalue weighted by Crippen LogP contribution is -1.76. The number of aryl methyl sites for hydroxylation is 2. The van der Waals surface area contributed by atoms with Gasteiger partial charge in [0.15, 0.2) is 0 Å². The van der Waals surface area contributed by atoms with Gasteiger partial charge in [0.1, 0.15) is 0 Å². The topological polar surface area (TPSA) is 0 Å². The van der Waals surface area contributed by atoms with E-state index in [0.717, 1.165) is 4.90 Å². The summed E-state index contributed by atoms with van der Waals surface area (Å²) in [6, 6.07) is 6.24. The van der Waals surface area contributed by atoms with Gasteiger partial charge in [0.05, 0.1) is 0 Å². The largest absolute Gasteiger partial charge is 0.183 e. The molecule has 0 atom stereocenters. The van der Waals surface area contributed by atoms with E-state index in [4.69, 9.17) is 0 Å². The Morgan fingerprint density at radius 2 is 1.64 bits per heavy atom. The lowest BCUT2D eigenvalue weighted by Gasteiger charge is -1.97. The second kappa shape index (κ2) is 5.56. The minimum atomic E-state index is 1.08. The Morgan fingerprint density at radius 3 is 2.00 bits per heavy atom. The van der Waals surface area contributed by atoms with Crippen LogP contribution in [0.4, 0.5) is 0 Å². The first-order valence-electron chi connectivity index (χ1n) is 3.41. The molecule has 0 aliphatic heterocycles. The maximum absolute atomic E-state index is 4.27. The van der Waals surface area contributed by atoms with Gasteiger partial charge in [-0.1, -0.05) is 17.7 Å².